The smallest absolute Gasteiger partial charge is 0.167 e. The Balaban J connectivity index is 1.68. The number of hydrogen-bond acceptors (Lipinski definition) is 5. The van der Waals surface area contributed by atoms with Crippen molar-refractivity contribution in [2.24, 2.45) is 5.92 Å². The molecule has 2 aromatic heterocycles. The monoisotopic (exact) mass is 521 g/mol. The van der Waals surface area contributed by atoms with Crippen molar-refractivity contribution < 1.29 is 14.6 Å². The summed E-state index contributed by atoms with van der Waals surface area (Å²) in [5, 5.41) is 10.8. The molecular weight excluding hydrogens is 489 g/mol. The minimum Gasteiger partial charge on any atom is -0.489 e. The topological polar surface area (TPSA) is 69.4 Å². The largest absolute Gasteiger partial charge is 0.489 e. The fourth-order valence-corrected chi connectivity index (χ4v) is 5.45. The molecule has 0 unspecified atom stereocenters. The average Bonchev–Trinajstić information content (AvgIpc) is 3.15. The van der Waals surface area contributed by atoms with Crippen molar-refractivity contribution in [3.63, 3.8) is 0 Å². The molecule has 4 rings (SSSR count). The molecule has 0 amide bonds. The van der Waals surface area contributed by atoms with Gasteiger partial charge in [0, 0.05) is 32.6 Å². The van der Waals surface area contributed by atoms with Gasteiger partial charge in [0.15, 0.2) is 5.75 Å². The van der Waals surface area contributed by atoms with Crippen LogP contribution in [0.3, 0.4) is 0 Å². The molecule has 9 heteroatoms. The number of aliphatic hydroxyl groups excluding tert-OH is 1. The van der Waals surface area contributed by atoms with E-state index in [1.165, 1.54) is 0 Å². The second kappa shape index (κ2) is 11.0. The lowest BCUT2D eigenvalue weighted by atomic mass is 9.88. The third kappa shape index (κ3) is 6.12. The van der Waals surface area contributed by atoms with Gasteiger partial charge in [-0.1, -0.05) is 49.3 Å². The van der Waals surface area contributed by atoms with E-state index in [1.54, 1.807) is 12.4 Å². The highest BCUT2D eigenvalue weighted by atomic mass is 35.5. The standard InChI is InChI=1S/C25H33Cl2N3O3Si/c1-34(2,3)12-11-32-16-30-21-14-20(26)22(27)24(33-15-17-5-4-6-19(31)13-17)23(21)29-25(30)18-7-9-28-10-8-18/h7-10,14,17,19,31H,4-6,11-13,15-16H2,1-3H3/t17-,19-/m1/s1. The molecule has 0 aliphatic heterocycles. The van der Waals surface area contributed by atoms with Gasteiger partial charge in [-0.05, 0) is 49.4 Å². The molecule has 0 radical (unpaired) electrons. The van der Waals surface area contributed by atoms with Gasteiger partial charge in [-0.25, -0.2) is 4.98 Å². The predicted octanol–water partition coefficient (Wildman–Crippen LogP) is 6.65. The number of ether oxygens (including phenoxy) is 2. The number of imidazole rings is 1. The molecule has 1 saturated carbocycles. The summed E-state index contributed by atoms with van der Waals surface area (Å²) < 4.78 is 14.4. The second-order valence-electron chi connectivity index (χ2n) is 10.3. The van der Waals surface area contributed by atoms with Crippen LogP contribution in [0.15, 0.2) is 30.6 Å². The fourth-order valence-electron chi connectivity index (χ4n) is 4.31. The van der Waals surface area contributed by atoms with Crippen molar-refractivity contribution in [3.05, 3.63) is 40.6 Å². The molecule has 3 aromatic rings. The minimum atomic E-state index is -1.20. The summed E-state index contributed by atoms with van der Waals surface area (Å²) in [7, 11) is -1.20. The second-order valence-corrected chi connectivity index (χ2v) is 16.7. The lowest BCUT2D eigenvalue weighted by molar-refractivity contribution is 0.0812. The number of aliphatic hydroxyl groups is 1. The molecular formula is C25H33Cl2N3O3Si. The maximum atomic E-state index is 10.0. The molecule has 1 aromatic carbocycles. The van der Waals surface area contributed by atoms with Crippen molar-refractivity contribution in [1.82, 2.24) is 14.5 Å². The van der Waals surface area contributed by atoms with Gasteiger partial charge in [-0.3, -0.25) is 9.55 Å². The van der Waals surface area contributed by atoms with E-state index in [2.05, 4.69) is 24.6 Å². The van der Waals surface area contributed by atoms with Crippen LogP contribution in [0.25, 0.3) is 22.4 Å². The Hall–Kier alpha value is -1.64. The van der Waals surface area contributed by atoms with E-state index in [1.807, 2.05) is 22.8 Å². The van der Waals surface area contributed by atoms with Crippen molar-refractivity contribution in [3.8, 4) is 17.1 Å². The number of aromatic nitrogens is 3. The van der Waals surface area contributed by atoms with E-state index in [0.29, 0.717) is 41.3 Å². The molecule has 0 saturated heterocycles. The van der Waals surface area contributed by atoms with E-state index in [0.717, 1.165) is 48.6 Å². The Morgan fingerprint density at radius 1 is 1.18 bits per heavy atom. The van der Waals surface area contributed by atoms with Crippen molar-refractivity contribution in [2.45, 2.75) is 64.2 Å². The van der Waals surface area contributed by atoms with Crippen LogP contribution < -0.4 is 4.74 Å². The van der Waals surface area contributed by atoms with Gasteiger partial charge < -0.3 is 14.6 Å². The molecule has 2 heterocycles. The number of benzene rings is 1. The highest BCUT2D eigenvalue weighted by Crippen LogP contribution is 2.41. The first kappa shape index (κ1) is 25.4. The van der Waals surface area contributed by atoms with Crippen LogP contribution in [0.1, 0.15) is 25.7 Å². The van der Waals surface area contributed by atoms with E-state index < -0.39 is 8.07 Å². The van der Waals surface area contributed by atoms with Gasteiger partial charge in [-0.15, -0.1) is 0 Å². The van der Waals surface area contributed by atoms with Crippen LogP contribution in [-0.4, -0.2) is 47.0 Å². The number of halogens is 2. The number of hydrogen-bond donors (Lipinski definition) is 1. The van der Waals surface area contributed by atoms with Gasteiger partial charge in [0.1, 0.15) is 23.1 Å². The van der Waals surface area contributed by atoms with Crippen LogP contribution in [-0.2, 0) is 11.5 Å². The number of rotatable bonds is 9. The van der Waals surface area contributed by atoms with E-state index in [9.17, 15) is 5.11 Å². The third-order valence-corrected chi connectivity index (χ3v) is 8.74. The molecule has 1 aliphatic rings. The molecule has 1 N–H and O–H groups in total. The first-order valence-electron chi connectivity index (χ1n) is 11.9. The van der Waals surface area contributed by atoms with Gasteiger partial charge in [0.05, 0.1) is 23.3 Å². The zero-order valence-corrected chi connectivity index (χ0v) is 22.6. The SMILES string of the molecule is C[Si](C)(C)CCOCn1c(-c2ccncc2)nc2c(OC[C@@H]3CCC[C@@H](O)C3)c(Cl)c(Cl)cc21. The van der Waals surface area contributed by atoms with Gasteiger partial charge >= 0.3 is 0 Å². The number of fused-ring (bicyclic) bond motifs is 1. The minimum absolute atomic E-state index is 0.261. The van der Waals surface area contributed by atoms with Crippen LogP contribution in [0, 0.1) is 5.92 Å². The zero-order valence-electron chi connectivity index (χ0n) is 20.1. The third-order valence-electron chi connectivity index (χ3n) is 6.27. The number of nitrogens with zero attached hydrogens (tertiary/aromatic N) is 3. The Bertz CT molecular complexity index is 1120. The van der Waals surface area contributed by atoms with Gasteiger partial charge in [0.25, 0.3) is 0 Å². The maximum Gasteiger partial charge on any atom is 0.167 e. The van der Waals surface area contributed by atoms with E-state index >= 15 is 0 Å². The fraction of sp³-hybridized carbons (Fsp3) is 0.520. The lowest BCUT2D eigenvalue weighted by Crippen LogP contribution is -2.24. The summed E-state index contributed by atoms with van der Waals surface area (Å²) in [6.07, 6.45) is 6.86. The first-order valence-corrected chi connectivity index (χ1v) is 16.4. The summed E-state index contributed by atoms with van der Waals surface area (Å²) in [5.74, 6) is 1.52. The molecule has 0 spiro atoms. The summed E-state index contributed by atoms with van der Waals surface area (Å²) >= 11 is 13.2. The van der Waals surface area contributed by atoms with Crippen molar-refractivity contribution >= 4 is 42.3 Å². The Morgan fingerprint density at radius 2 is 1.94 bits per heavy atom. The molecule has 34 heavy (non-hydrogen) atoms. The van der Waals surface area contributed by atoms with Crippen LogP contribution in [0.5, 0.6) is 5.75 Å². The molecule has 1 fully saturated rings. The van der Waals surface area contributed by atoms with E-state index in [4.69, 9.17) is 37.7 Å². The predicted molar refractivity (Wildman–Crippen MR) is 141 cm³/mol. The molecule has 1 aliphatic carbocycles. The quantitative estimate of drug-likeness (QED) is 0.252. The first-order chi connectivity index (χ1) is 16.2. The van der Waals surface area contributed by atoms with Crippen molar-refractivity contribution in [1.29, 1.82) is 0 Å². The highest BCUT2D eigenvalue weighted by Gasteiger charge is 2.24. The maximum absolute atomic E-state index is 10.0. The Kier molecular flexibility index (Phi) is 8.20. The molecule has 2 atom stereocenters. The highest BCUT2D eigenvalue weighted by molar-refractivity contribution is 6.76. The van der Waals surface area contributed by atoms with Gasteiger partial charge in [-0.2, -0.15) is 0 Å². The molecule has 184 valence electrons. The summed E-state index contributed by atoms with van der Waals surface area (Å²) in [4.78, 5) is 9.08. The summed E-state index contributed by atoms with van der Waals surface area (Å²) in [5.41, 5.74) is 2.40. The Morgan fingerprint density at radius 3 is 2.65 bits per heavy atom. The van der Waals surface area contributed by atoms with Crippen LogP contribution >= 0.6 is 23.2 Å². The molecule has 6 nitrogen and oxygen atoms in total. The number of pyridine rings is 1. The summed E-state index contributed by atoms with van der Waals surface area (Å²) in [6.45, 7) is 8.52. The Labute approximate surface area is 212 Å². The van der Waals surface area contributed by atoms with Crippen LogP contribution in [0.2, 0.25) is 35.7 Å². The van der Waals surface area contributed by atoms with Crippen molar-refractivity contribution in [2.75, 3.05) is 13.2 Å². The molecule has 0 bridgehead atoms. The summed E-state index contributed by atoms with van der Waals surface area (Å²) in [6, 6.07) is 6.76. The normalized spacial score (nSPS) is 19.0. The van der Waals surface area contributed by atoms with Crippen LogP contribution in [0.4, 0.5) is 0 Å². The lowest BCUT2D eigenvalue weighted by Gasteiger charge is -2.26. The van der Waals surface area contributed by atoms with E-state index in [-0.39, 0.29) is 12.0 Å². The zero-order chi connectivity index (χ0) is 24.3. The average molecular weight is 523 g/mol. The van der Waals surface area contributed by atoms with Gasteiger partial charge in [0.2, 0.25) is 0 Å².